The number of nitrogens with one attached hydrogen (secondary N) is 2. The van der Waals surface area contributed by atoms with Gasteiger partial charge in [0, 0.05) is 61.1 Å². The standard InChI is InChI=1S/C50H52FN5O9/c1-31(32-7-9-33(10-8-32)39-19-23-52-42-16-11-35(51)30-41(39)42)47(59)53-36-12-14-37(15-13-36)65-38-20-24-55(25-21-38)45(58)22-27-64-29-28-63-26-3-5-34-4-2-6-40-46(34)50(62)56(49(40)61)43-17-18-44(57)54-48(43)60/h2,4,6,11-16,19,23,30-33,38,43H,7-10,17-18,20-22,24-29H2,1H3,(H,53,59)(H,54,57,60)/t31-,32?,33?,43?/m1/s1. The molecule has 15 heteroatoms. The molecule has 0 bridgehead atoms. The second-order valence-corrected chi connectivity index (χ2v) is 17.1. The van der Waals surface area contributed by atoms with Gasteiger partial charge in [-0.1, -0.05) is 24.8 Å². The fourth-order valence-electron chi connectivity index (χ4n) is 9.34. The van der Waals surface area contributed by atoms with Gasteiger partial charge in [-0.3, -0.25) is 44.0 Å². The van der Waals surface area contributed by atoms with E-state index in [9.17, 15) is 33.2 Å². The molecule has 4 aliphatic rings. The minimum Gasteiger partial charge on any atom is -0.490 e. The molecule has 0 radical (unpaired) electrons. The lowest BCUT2D eigenvalue weighted by molar-refractivity contribution is -0.136. The third-order valence-corrected chi connectivity index (χ3v) is 13.0. The Kier molecular flexibility index (Phi) is 14.3. The Morgan fingerprint density at radius 3 is 2.43 bits per heavy atom. The summed E-state index contributed by atoms with van der Waals surface area (Å²) in [4.78, 5) is 83.5. The van der Waals surface area contributed by atoms with Crippen molar-refractivity contribution in [3.63, 3.8) is 0 Å². The topological polar surface area (TPSA) is 174 Å². The number of fused-ring (bicyclic) bond motifs is 2. The van der Waals surface area contributed by atoms with Gasteiger partial charge in [0.25, 0.3) is 11.8 Å². The zero-order chi connectivity index (χ0) is 45.5. The second kappa shape index (κ2) is 20.6. The highest BCUT2D eigenvalue weighted by Crippen LogP contribution is 2.41. The number of nitrogens with zero attached hydrogens (tertiary/aromatic N) is 3. The van der Waals surface area contributed by atoms with E-state index in [-0.39, 0.29) is 92.4 Å². The van der Waals surface area contributed by atoms with Gasteiger partial charge >= 0.3 is 0 Å². The van der Waals surface area contributed by atoms with Crippen molar-refractivity contribution >= 4 is 52.0 Å². The number of aromatic nitrogens is 1. The maximum absolute atomic E-state index is 14.0. The van der Waals surface area contributed by atoms with E-state index in [2.05, 4.69) is 27.5 Å². The SMILES string of the molecule is C[C@@H](C(=O)Nc1ccc(OC2CCN(C(=O)CCOCCOCC#Cc3cccc4c3C(=O)N(C3CCC(=O)NC3=O)C4=O)CC2)cc1)C1CCC(c2ccnc3ccc(F)cc23)CC1. The number of piperidine rings is 2. The van der Waals surface area contributed by atoms with Crippen molar-refractivity contribution in [3.8, 4) is 17.6 Å². The van der Waals surface area contributed by atoms with E-state index in [0.717, 1.165) is 47.0 Å². The number of hydrogen-bond acceptors (Lipinski definition) is 10. The number of ether oxygens (including phenoxy) is 3. The molecule has 65 heavy (non-hydrogen) atoms. The van der Waals surface area contributed by atoms with Crippen LogP contribution in [0.2, 0.25) is 0 Å². The number of likely N-dealkylation sites (tertiary alicyclic amines) is 1. The average molecular weight is 886 g/mol. The molecule has 2 atom stereocenters. The van der Waals surface area contributed by atoms with Crippen molar-refractivity contribution in [2.45, 2.75) is 82.8 Å². The number of carbonyl (C=O) groups excluding carboxylic acids is 6. The van der Waals surface area contributed by atoms with Gasteiger partial charge in [0.05, 0.1) is 42.9 Å². The molecule has 338 valence electrons. The zero-order valence-corrected chi connectivity index (χ0v) is 36.3. The Hall–Kier alpha value is -6.50. The number of hydrogen-bond donors (Lipinski definition) is 2. The number of amides is 6. The smallest absolute Gasteiger partial charge is 0.263 e. The number of benzene rings is 3. The lowest BCUT2D eigenvalue weighted by atomic mass is 9.73. The number of rotatable bonds is 14. The summed E-state index contributed by atoms with van der Waals surface area (Å²) in [5, 5.41) is 6.14. The third-order valence-electron chi connectivity index (χ3n) is 13.0. The number of anilines is 1. The van der Waals surface area contributed by atoms with Crippen LogP contribution in [0.1, 0.15) is 102 Å². The predicted molar refractivity (Wildman–Crippen MR) is 237 cm³/mol. The predicted octanol–water partition coefficient (Wildman–Crippen LogP) is 6.17. The molecule has 0 spiro atoms. The average Bonchev–Trinajstić information content (AvgIpc) is 3.57. The summed E-state index contributed by atoms with van der Waals surface area (Å²) < 4.78 is 31.4. The fourth-order valence-corrected chi connectivity index (χ4v) is 9.34. The summed E-state index contributed by atoms with van der Waals surface area (Å²) in [6, 6.07) is 17.9. The normalized spacial score (nSPS) is 20.5. The molecule has 2 saturated heterocycles. The van der Waals surface area contributed by atoms with Crippen LogP contribution in [0.25, 0.3) is 10.9 Å². The van der Waals surface area contributed by atoms with Crippen LogP contribution in [0.3, 0.4) is 0 Å². The van der Waals surface area contributed by atoms with E-state index < -0.39 is 29.7 Å². The molecule has 2 N–H and O–H groups in total. The van der Waals surface area contributed by atoms with Gasteiger partial charge in [-0.25, -0.2) is 4.39 Å². The quantitative estimate of drug-likeness (QED) is 0.0848. The van der Waals surface area contributed by atoms with Gasteiger partial charge in [-0.2, -0.15) is 0 Å². The maximum Gasteiger partial charge on any atom is 0.263 e. The molecule has 3 fully saturated rings. The van der Waals surface area contributed by atoms with Crippen LogP contribution in [-0.2, 0) is 28.7 Å². The highest BCUT2D eigenvalue weighted by Gasteiger charge is 2.45. The monoisotopic (exact) mass is 885 g/mol. The Balaban J connectivity index is 0.687. The minimum absolute atomic E-state index is 0.00666. The first-order chi connectivity index (χ1) is 31.5. The van der Waals surface area contributed by atoms with E-state index >= 15 is 0 Å². The van der Waals surface area contributed by atoms with Gasteiger partial charge in [-0.15, -0.1) is 0 Å². The number of pyridine rings is 1. The third kappa shape index (κ3) is 10.6. The van der Waals surface area contributed by atoms with Crippen LogP contribution in [0, 0.1) is 29.5 Å². The summed E-state index contributed by atoms with van der Waals surface area (Å²) in [6.45, 7) is 3.95. The van der Waals surface area contributed by atoms with E-state index in [4.69, 9.17) is 14.2 Å². The van der Waals surface area contributed by atoms with Crippen molar-refractivity contribution in [3.05, 3.63) is 101 Å². The van der Waals surface area contributed by atoms with Gasteiger partial charge in [-0.05, 0) is 110 Å². The van der Waals surface area contributed by atoms with Gasteiger partial charge in [0.2, 0.25) is 23.6 Å². The van der Waals surface area contributed by atoms with Crippen LogP contribution in [0.4, 0.5) is 10.1 Å². The van der Waals surface area contributed by atoms with Crippen LogP contribution in [-0.4, -0.2) is 102 Å². The van der Waals surface area contributed by atoms with Crippen molar-refractivity contribution in [1.29, 1.82) is 0 Å². The number of imide groups is 2. The van der Waals surface area contributed by atoms with Crippen molar-refractivity contribution in [2.24, 2.45) is 11.8 Å². The first-order valence-corrected chi connectivity index (χ1v) is 22.4. The Morgan fingerprint density at radius 2 is 1.66 bits per heavy atom. The second-order valence-electron chi connectivity index (χ2n) is 17.1. The molecule has 1 saturated carbocycles. The largest absolute Gasteiger partial charge is 0.490 e. The Morgan fingerprint density at radius 1 is 0.892 bits per heavy atom. The molecule has 14 nitrogen and oxygen atoms in total. The zero-order valence-electron chi connectivity index (χ0n) is 36.3. The highest BCUT2D eigenvalue weighted by atomic mass is 19.1. The van der Waals surface area contributed by atoms with Crippen LogP contribution in [0.15, 0.2) is 72.9 Å². The lowest BCUT2D eigenvalue weighted by Gasteiger charge is -2.32. The molecule has 3 aromatic carbocycles. The number of carbonyl (C=O) groups is 6. The molecule has 1 aromatic heterocycles. The minimum atomic E-state index is -1.05. The van der Waals surface area contributed by atoms with E-state index in [1.54, 1.807) is 30.5 Å². The van der Waals surface area contributed by atoms with Gasteiger partial charge in [0.1, 0.15) is 30.3 Å². The fraction of sp³-hybridized carbons (Fsp3) is 0.420. The molecular formula is C50H52FN5O9. The summed E-state index contributed by atoms with van der Waals surface area (Å²) in [5.74, 6) is 4.30. The van der Waals surface area contributed by atoms with Gasteiger partial charge < -0.3 is 24.4 Å². The van der Waals surface area contributed by atoms with E-state index in [1.807, 2.05) is 42.2 Å². The van der Waals surface area contributed by atoms with Crippen molar-refractivity contribution in [2.75, 3.05) is 44.8 Å². The van der Waals surface area contributed by atoms with E-state index in [1.165, 1.54) is 12.1 Å². The van der Waals surface area contributed by atoms with Crippen LogP contribution >= 0.6 is 0 Å². The maximum atomic E-state index is 14.0. The molecule has 6 amide bonds. The highest BCUT2D eigenvalue weighted by molar-refractivity contribution is 6.24. The molecule has 4 heterocycles. The Bertz CT molecular complexity index is 2520. The molecule has 4 aromatic rings. The van der Waals surface area contributed by atoms with Crippen molar-refractivity contribution < 1.29 is 47.4 Å². The first kappa shape index (κ1) is 45.1. The van der Waals surface area contributed by atoms with Gasteiger partial charge in [0.15, 0.2) is 0 Å². The molecule has 1 unspecified atom stereocenters. The van der Waals surface area contributed by atoms with Crippen LogP contribution < -0.4 is 15.4 Å². The first-order valence-electron chi connectivity index (χ1n) is 22.4. The molecule has 1 aliphatic carbocycles. The Labute approximate surface area is 376 Å². The summed E-state index contributed by atoms with van der Waals surface area (Å²) in [5.41, 5.74) is 3.28. The summed E-state index contributed by atoms with van der Waals surface area (Å²) >= 11 is 0. The number of halogens is 1. The molecule has 8 rings (SSSR count). The lowest BCUT2D eigenvalue weighted by Crippen LogP contribution is -2.54. The van der Waals surface area contributed by atoms with E-state index in [0.29, 0.717) is 48.8 Å². The summed E-state index contributed by atoms with van der Waals surface area (Å²) in [6.07, 6.45) is 7.24. The summed E-state index contributed by atoms with van der Waals surface area (Å²) in [7, 11) is 0. The molecular weight excluding hydrogens is 834 g/mol. The van der Waals surface area contributed by atoms with Crippen molar-refractivity contribution in [1.82, 2.24) is 20.1 Å². The molecule has 3 aliphatic heterocycles. The van der Waals surface area contributed by atoms with Crippen LogP contribution in [0.5, 0.6) is 5.75 Å².